The van der Waals surface area contributed by atoms with Crippen LogP contribution in [0.2, 0.25) is 0 Å². The molecule has 0 N–H and O–H groups in total. The summed E-state index contributed by atoms with van der Waals surface area (Å²) < 4.78 is 43.2. The minimum absolute atomic E-state index is 0.0154. The van der Waals surface area contributed by atoms with Gasteiger partial charge in [0.1, 0.15) is 0 Å². The molecular formula is C21H29NO. The highest BCUT2D eigenvalue weighted by Crippen LogP contribution is 2.69. The normalized spacial score (nSPS) is 22.2. The highest BCUT2D eigenvalue weighted by Gasteiger charge is 2.68. The van der Waals surface area contributed by atoms with Crippen molar-refractivity contribution in [3.63, 3.8) is 0 Å². The first-order valence-corrected chi connectivity index (χ1v) is 8.54. The van der Waals surface area contributed by atoms with Crippen LogP contribution < -0.4 is 0 Å². The lowest BCUT2D eigenvalue weighted by Gasteiger charge is -2.03. The van der Waals surface area contributed by atoms with Crippen LogP contribution in [0.4, 0.5) is 0 Å². The molecule has 0 unspecified atom stereocenters. The minimum Gasteiger partial charge on any atom is -0.347 e. The monoisotopic (exact) mass is 316 g/mol. The smallest absolute Gasteiger partial charge is 0.169 e. The number of ketones is 1. The van der Waals surface area contributed by atoms with Crippen LogP contribution in [0.5, 0.6) is 0 Å². The Hall–Kier alpha value is -1.57. The van der Waals surface area contributed by atoms with Crippen molar-refractivity contribution in [2.45, 2.75) is 60.4 Å². The van der Waals surface area contributed by atoms with Gasteiger partial charge in [0.15, 0.2) is 5.78 Å². The summed E-state index contributed by atoms with van der Waals surface area (Å²) in [6.07, 6.45) is 2.77. The predicted octanol–water partition coefficient (Wildman–Crippen LogP) is 5.70. The number of nitrogens with zero attached hydrogens (tertiary/aromatic N) is 1. The van der Waals surface area contributed by atoms with E-state index < -0.39 is 0 Å². The number of rotatable bonds is 6. The van der Waals surface area contributed by atoms with Crippen molar-refractivity contribution in [3.05, 3.63) is 35.9 Å². The first kappa shape index (κ1) is 11.1. The number of hydrogen-bond donors (Lipinski definition) is 0. The molecule has 1 fully saturated rings. The van der Waals surface area contributed by atoms with E-state index in [0.29, 0.717) is 6.54 Å². The van der Waals surface area contributed by atoms with Crippen molar-refractivity contribution >= 4 is 16.7 Å². The minimum atomic E-state index is -0.355. The standard InChI is InChI=1S/C21H29NO/c1-6-7-10-13-22-14-16(15-11-8-9-12-17(15)22)18(23)19-20(2,3)21(19,4)5/h8-9,11-12,14,19H,6-7,10,13H2,1-5H3/i8D,9D,11D,12D,14D. The maximum absolute atomic E-state index is 13.5. The summed E-state index contributed by atoms with van der Waals surface area (Å²) in [5.41, 5.74) is 0.0187. The molecule has 0 aliphatic heterocycles. The molecule has 0 spiro atoms. The van der Waals surface area contributed by atoms with Crippen LogP contribution in [-0.4, -0.2) is 10.4 Å². The molecule has 1 aromatic carbocycles. The van der Waals surface area contributed by atoms with Crippen LogP contribution in [0.15, 0.2) is 30.3 Å². The topological polar surface area (TPSA) is 22.0 Å². The molecule has 0 saturated heterocycles. The number of aryl methyl sites for hydroxylation is 1. The van der Waals surface area contributed by atoms with Gasteiger partial charge in [0.05, 0.1) is 6.85 Å². The van der Waals surface area contributed by atoms with Crippen LogP contribution in [0.1, 0.15) is 71.1 Å². The van der Waals surface area contributed by atoms with Gasteiger partial charge in [-0.15, -0.1) is 0 Å². The van der Waals surface area contributed by atoms with Crippen molar-refractivity contribution in [2.24, 2.45) is 16.7 Å². The molecule has 1 saturated carbocycles. The number of fused-ring (bicyclic) bond motifs is 1. The molecule has 124 valence electrons. The fourth-order valence-electron chi connectivity index (χ4n) is 3.80. The van der Waals surface area contributed by atoms with Gasteiger partial charge in [-0.25, -0.2) is 0 Å². The molecule has 0 amide bonds. The number of Topliss-reactive ketones (excluding diaryl/α,β-unsaturated/α-hetero) is 1. The second-order valence-corrected chi connectivity index (χ2v) is 7.81. The molecule has 0 atom stereocenters. The van der Waals surface area contributed by atoms with E-state index >= 15 is 0 Å². The summed E-state index contributed by atoms with van der Waals surface area (Å²) in [4.78, 5) is 13.5. The van der Waals surface area contributed by atoms with Gasteiger partial charge in [-0.1, -0.05) is 65.6 Å². The lowest BCUT2D eigenvalue weighted by molar-refractivity contribution is 0.0946. The van der Waals surface area contributed by atoms with Crippen LogP contribution in [0.3, 0.4) is 0 Å². The first-order valence-electron chi connectivity index (χ1n) is 11.0. The Bertz CT molecular complexity index is 960. The van der Waals surface area contributed by atoms with E-state index in [1.807, 2.05) is 27.7 Å². The average molecular weight is 316 g/mol. The number of carbonyl (C=O) groups is 1. The second-order valence-electron chi connectivity index (χ2n) is 7.81. The predicted molar refractivity (Wildman–Crippen MR) is 96.8 cm³/mol. The maximum atomic E-state index is 13.5. The summed E-state index contributed by atoms with van der Waals surface area (Å²) >= 11 is 0. The van der Waals surface area contributed by atoms with Gasteiger partial charge >= 0.3 is 0 Å². The highest BCUT2D eigenvalue weighted by atomic mass is 16.1. The third kappa shape index (κ3) is 2.43. The van der Waals surface area contributed by atoms with Crippen molar-refractivity contribution < 1.29 is 11.6 Å². The molecule has 2 heteroatoms. The Labute approximate surface area is 146 Å². The molecule has 0 radical (unpaired) electrons. The zero-order valence-electron chi connectivity index (χ0n) is 19.8. The van der Waals surface area contributed by atoms with E-state index in [2.05, 4.69) is 6.92 Å². The van der Waals surface area contributed by atoms with Gasteiger partial charge in [0.25, 0.3) is 0 Å². The quantitative estimate of drug-likeness (QED) is 0.495. The van der Waals surface area contributed by atoms with Crippen LogP contribution in [0, 0.1) is 16.7 Å². The number of unbranched alkanes of at least 4 members (excludes halogenated alkanes) is 2. The Kier molecular flexibility index (Phi) is 2.65. The fourth-order valence-corrected chi connectivity index (χ4v) is 3.80. The summed E-state index contributed by atoms with van der Waals surface area (Å²) in [5, 5.41) is 0.205. The zero-order chi connectivity index (χ0) is 21.2. The lowest BCUT2D eigenvalue weighted by Crippen LogP contribution is -2.07. The Balaban J connectivity index is 2.29. The molecule has 2 nitrogen and oxygen atoms in total. The first-order chi connectivity index (χ1) is 12.9. The van der Waals surface area contributed by atoms with Gasteiger partial charge < -0.3 is 4.57 Å². The number of carbonyl (C=O) groups excluding carboxylic acids is 1. The third-order valence-electron chi connectivity index (χ3n) is 5.95. The van der Waals surface area contributed by atoms with Crippen LogP contribution >= 0.6 is 0 Å². The maximum Gasteiger partial charge on any atom is 0.169 e. The Morgan fingerprint density at radius 2 is 1.83 bits per heavy atom. The molecule has 1 aromatic heterocycles. The zero-order valence-corrected chi connectivity index (χ0v) is 14.8. The van der Waals surface area contributed by atoms with Crippen LogP contribution in [-0.2, 0) is 6.54 Å². The summed E-state index contributed by atoms with van der Waals surface area (Å²) in [5.74, 6) is -0.443. The molecule has 0 bridgehead atoms. The van der Waals surface area contributed by atoms with E-state index in [9.17, 15) is 4.79 Å². The van der Waals surface area contributed by atoms with Crippen LogP contribution in [0.25, 0.3) is 10.9 Å². The molecular weight excluding hydrogens is 282 g/mol. The number of aromatic nitrogens is 1. The number of benzene rings is 1. The third-order valence-corrected chi connectivity index (χ3v) is 5.95. The van der Waals surface area contributed by atoms with E-state index in [-0.39, 0.29) is 69.3 Å². The Morgan fingerprint density at radius 3 is 2.43 bits per heavy atom. The second kappa shape index (κ2) is 5.51. The number of hydrogen-bond acceptors (Lipinski definition) is 1. The molecule has 1 aliphatic rings. The Morgan fingerprint density at radius 1 is 1.17 bits per heavy atom. The molecule has 1 aliphatic carbocycles. The molecule has 2 aromatic rings. The highest BCUT2D eigenvalue weighted by molar-refractivity contribution is 6.11. The van der Waals surface area contributed by atoms with Crippen molar-refractivity contribution in [3.8, 4) is 0 Å². The molecule has 3 rings (SSSR count). The van der Waals surface area contributed by atoms with Crippen molar-refractivity contribution in [1.29, 1.82) is 0 Å². The average Bonchev–Trinajstić information content (AvgIpc) is 2.87. The molecule has 1 heterocycles. The van der Waals surface area contributed by atoms with Crippen molar-refractivity contribution in [1.82, 2.24) is 4.57 Å². The van der Waals surface area contributed by atoms with Gasteiger partial charge in [0, 0.05) is 35.1 Å². The lowest BCUT2D eigenvalue weighted by atomic mass is 10.0. The van der Waals surface area contributed by atoms with E-state index in [1.54, 1.807) is 4.57 Å². The van der Waals surface area contributed by atoms with Gasteiger partial charge in [-0.2, -0.15) is 0 Å². The van der Waals surface area contributed by atoms with Crippen molar-refractivity contribution in [2.75, 3.05) is 0 Å². The number of para-hydroxylation sites is 1. The van der Waals surface area contributed by atoms with Gasteiger partial charge in [-0.05, 0) is 23.3 Å². The SMILES string of the molecule is [2H]c1c([2H])c([2H])c2c(c1[2H])c(C(=O)C1C(C)(C)C1(C)C)c([2H])n2CCCCC. The fraction of sp³-hybridized carbons (Fsp3) is 0.571. The molecule has 23 heavy (non-hydrogen) atoms. The summed E-state index contributed by atoms with van der Waals surface area (Å²) in [7, 11) is 0. The van der Waals surface area contributed by atoms with Gasteiger partial charge in [-0.3, -0.25) is 4.79 Å². The summed E-state index contributed by atoms with van der Waals surface area (Å²) in [6.45, 7) is 10.7. The summed E-state index contributed by atoms with van der Waals surface area (Å²) in [6, 6.07) is -1.07. The van der Waals surface area contributed by atoms with E-state index in [1.165, 1.54) is 0 Å². The van der Waals surface area contributed by atoms with E-state index in [4.69, 9.17) is 6.85 Å². The van der Waals surface area contributed by atoms with E-state index in [0.717, 1.165) is 19.3 Å². The van der Waals surface area contributed by atoms with Gasteiger partial charge in [0.2, 0.25) is 0 Å². The largest absolute Gasteiger partial charge is 0.347 e.